The Morgan fingerprint density at radius 1 is 1.50 bits per heavy atom. The summed E-state index contributed by atoms with van der Waals surface area (Å²) in [5.41, 5.74) is -1.50. The van der Waals surface area contributed by atoms with Crippen LogP contribution in [0.15, 0.2) is 0 Å². The Morgan fingerprint density at radius 2 is 1.80 bits per heavy atom. The summed E-state index contributed by atoms with van der Waals surface area (Å²) in [4.78, 5) is 10.1. The van der Waals surface area contributed by atoms with Crippen molar-refractivity contribution < 1.29 is 42.5 Å². The molecule has 0 amide bonds. The SMILES string of the molecule is CC(CO)(CO)C(=O)[O-].[Ag+]. The van der Waals surface area contributed by atoms with E-state index in [1.165, 1.54) is 6.92 Å². The van der Waals surface area contributed by atoms with Gasteiger partial charge >= 0.3 is 22.4 Å². The van der Waals surface area contributed by atoms with E-state index in [1.807, 2.05) is 0 Å². The standard InChI is InChI=1S/C5H10O4.Ag/c1-5(2-6,3-7)4(8)9;/h6-7H,2-3H2,1H3,(H,8,9);/q;+1/p-1. The predicted octanol–water partition coefficient (Wildman–Crippen LogP) is -2.28. The number of hydrogen-bond acceptors (Lipinski definition) is 4. The van der Waals surface area contributed by atoms with Crippen molar-refractivity contribution in [1.29, 1.82) is 0 Å². The van der Waals surface area contributed by atoms with Gasteiger partial charge in [0, 0.05) is 0 Å². The second-order valence-electron chi connectivity index (χ2n) is 2.16. The number of rotatable bonds is 3. The molecule has 0 aromatic rings. The van der Waals surface area contributed by atoms with Crippen molar-refractivity contribution in [3.8, 4) is 0 Å². The van der Waals surface area contributed by atoms with Crippen molar-refractivity contribution in [2.45, 2.75) is 6.92 Å². The first-order chi connectivity index (χ1) is 4.06. The largest absolute Gasteiger partial charge is 1.00 e. The van der Waals surface area contributed by atoms with Gasteiger partial charge in [-0.15, -0.1) is 0 Å². The van der Waals surface area contributed by atoms with E-state index in [0.29, 0.717) is 0 Å². The van der Waals surface area contributed by atoms with E-state index >= 15 is 0 Å². The van der Waals surface area contributed by atoms with Crippen molar-refractivity contribution in [3.05, 3.63) is 0 Å². The van der Waals surface area contributed by atoms with Gasteiger partial charge in [0.05, 0.1) is 24.6 Å². The molecule has 0 unspecified atom stereocenters. The summed E-state index contributed by atoms with van der Waals surface area (Å²) in [6.07, 6.45) is 0. The number of aliphatic hydroxyl groups is 2. The molecule has 0 rings (SSSR count). The molecule has 4 nitrogen and oxygen atoms in total. The Balaban J connectivity index is 0. The third-order valence-corrected chi connectivity index (χ3v) is 1.19. The fourth-order valence-corrected chi connectivity index (χ4v) is 0.179. The van der Waals surface area contributed by atoms with Crippen molar-refractivity contribution in [1.82, 2.24) is 0 Å². The minimum atomic E-state index is -1.50. The molecule has 0 aliphatic rings. The van der Waals surface area contributed by atoms with Gasteiger partial charge < -0.3 is 20.1 Å². The monoisotopic (exact) mass is 240 g/mol. The number of aliphatic hydroxyl groups excluding tert-OH is 2. The minimum absolute atomic E-state index is 0. The topological polar surface area (TPSA) is 80.6 Å². The van der Waals surface area contributed by atoms with Crippen LogP contribution in [0.3, 0.4) is 0 Å². The molecular formula is C5H9AgO4. The molecule has 5 heteroatoms. The minimum Gasteiger partial charge on any atom is -0.549 e. The second-order valence-corrected chi connectivity index (χ2v) is 2.16. The van der Waals surface area contributed by atoms with Gasteiger partial charge in [0.25, 0.3) is 0 Å². The van der Waals surface area contributed by atoms with Crippen LogP contribution < -0.4 is 5.11 Å². The summed E-state index contributed by atoms with van der Waals surface area (Å²) >= 11 is 0. The number of carboxylic acid groups (broad SMARTS) is 1. The molecule has 0 fully saturated rings. The van der Waals surface area contributed by atoms with E-state index in [9.17, 15) is 9.90 Å². The van der Waals surface area contributed by atoms with Gasteiger partial charge in [0.2, 0.25) is 0 Å². The van der Waals surface area contributed by atoms with Crippen LogP contribution in [0.4, 0.5) is 0 Å². The molecule has 64 valence electrons. The number of carbonyl (C=O) groups excluding carboxylic acids is 1. The molecule has 2 N–H and O–H groups in total. The first kappa shape index (κ1) is 12.8. The van der Waals surface area contributed by atoms with Gasteiger partial charge in [-0.1, -0.05) is 0 Å². The zero-order chi connectivity index (χ0) is 7.49. The fourth-order valence-electron chi connectivity index (χ4n) is 0.179. The Morgan fingerprint density at radius 3 is 1.80 bits per heavy atom. The second kappa shape index (κ2) is 4.87. The van der Waals surface area contributed by atoms with Gasteiger partial charge in [-0.05, 0) is 6.92 Å². The van der Waals surface area contributed by atoms with Gasteiger partial charge in [0.1, 0.15) is 0 Å². The van der Waals surface area contributed by atoms with E-state index in [-0.39, 0.29) is 22.4 Å². The smallest absolute Gasteiger partial charge is 0.549 e. The summed E-state index contributed by atoms with van der Waals surface area (Å²) < 4.78 is 0. The first-order valence-corrected chi connectivity index (χ1v) is 2.50. The van der Waals surface area contributed by atoms with Crippen LogP contribution in [0.5, 0.6) is 0 Å². The Bertz CT molecular complexity index is 110. The average molecular weight is 241 g/mol. The molecule has 0 aromatic carbocycles. The summed E-state index contributed by atoms with van der Waals surface area (Å²) in [6.45, 7) is -0.000000000000000666. The number of hydrogen-bond donors (Lipinski definition) is 2. The van der Waals surface area contributed by atoms with E-state index in [2.05, 4.69) is 0 Å². The molecule has 0 atom stereocenters. The third-order valence-electron chi connectivity index (χ3n) is 1.19. The van der Waals surface area contributed by atoms with Gasteiger partial charge in [0.15, 0.2) is 0 Å². The van der Waals surface area contributed by atoms with Crippen LogP contribution in [-0.4, -0.2) is 29.4 Å². The zero-order valence-electron chi connectivity index (χ0n) is 5.43. The van der Waals surface area contributed by atoms with Crippen LogP contribution in [0, 0.1) is 5.41 Å². The van der Waals surface area contributed by atoms with E-state index in [1.54, 1.807) is 0 Å². The maximum Gasteiger partial charge on any atom is 1.00 e. The van der Waals surface area contributed by atoms with Gasteiger partial charge in [-0.2, -0.15) is 0 Å². The van der Waals surface area contributed by atoms with E-state index in [0.717, 1.165) is 0 Å². The molecule has 0 saturated carbocycles. The van der Waals surface area contributed by atoms with Gasteiger partial charge in [-0.3, -0.25) is 0 Å². The molecule has 0 heterocycles. The van der Waals surface area contributed by atoms with E-state index < -0.39 is 24.6 Å². The van der Waals surface area contributed by atoms with Crippen LogP contribution in [0.1, 0.15) is 6.92 Å². The number of carboxylic acids is 1. The fraction of sp³-hybridized carbons (Fsp3) is 0.800. The third kappa shape index (κ3) is 2.81. The first-order valence-electron chi connectivity index (χ1n) is 2.50. The van der Waals surface area contributed by atoms with Gasteiger partial charge in [-0.25, -0.2) is 0 Å². The Labute approximate surface area is 74.4 Å². The maximum atomic E-state index is 10.1. The normalized spacial score (nSPS) is 10.3. The van der Waals surface area contributed by atoms with Crippen LogP contribution in [0.25, 0.3) is 0 Å². The average Bonchev–Trinajstić information content (AvgIpc) is 1.86. The van der Waals surface area contributed by atoms with E-state index in [4.69, 9.17) is 10.2 Å². The molecule has 0 aliphatic heterocycles. The molecule has 0 aliphatic carbocycles. The molecule has 0 saturated heterocycles. The Hall–Kier alpha value is 0.130. The molecular weight excluding hydrogens is 232 g/mol. The Kier molecular flexibility index (Phi) is 6.22. The number of carbonyl (C=O) groups is 1. The quantitative estimate of drug-likeness (QED) is 0.546. The van der Waals surface area contributed by atoms with Crippen LogP contribution in [-0.2, 0) is 27.2 Å². The summed E-state index contributed by atoms with van der Waals surface area (Å²) in [6, 6.07) is 0. The maximum absolute atomic E-state index is 10.1. The molecule has 10 heavy (non-hydrogen) atoms. The summed E-state index contributed by atoms with van der Waals surface area (Å²) in [5, 5.41) is 26.8. The predicted molar refractivity (Wildman–Crippen MR) is 27.3 cm³/mol. The summed E-state index contributed by atoms with van der Waals surface area (Å²) in [7, 11) is 0. The van der Waals surface area contributed by atoms with Crippen LogP contribution >= 0.6 is 0 Å². The van der Waals surface area contributed by atoms with Crippen LogP contribution in [0.2, 0.25) is 0 Å². The van der Waals surface area contributed by atoms with Crippen molar-refractivity contribution in [2.75, 3.05) is 13.2 Å². The molecule has 0 bridgehead atoms. The summed E-state index contributed by atoms with van der Waals surface area (Å²) in [5.74, 6) is -1.44. The number of aliphatic carboxylic acids is 1. The van der Waals surface area contributed by atoms with Crippen molar-refractivity contribution >= 4 is 5.97 Å². The van der Waals surface area contributed by atoms with Crippen molar-refractivity contribution in [3.63, 3.8) is 0 Å². The molecule has 0 spiro atoms. The molecule has 0 radical (unpaired) electrons. The zero-order valence-corrected chi connectivity index (χ0v) is 6.91. The van der Waals surface area contributed by atoms with Crippen molar-refractivity contribution in [2.24, 2.45) is 5.41 Å². The molecule has 0 aromatic heterocycles.